The third kappa shape index (κ3) is 3.62. The largest absolute Gasteiger partial charge is 0.462 e. The van der Waals surface area contributed by atoms with Crippen molar-refractivity contribution < 1.29 is 22.3 Å². The molecule has 0 N–H and O–H groups in total. The van der Waals surface area contributed by atoms with E-state index in [1.807, 2.05) is 0 Å². The van der Waals surface area contributed by atoms with Crippen LogP contribution in [0.5, 0.6) is 0 Å². The summed E-state index contributed by atoms with van der Waals surface area (Å²) < 4.78 is 45.6. The average molecular weight is 429 g/mol. The van der Waals surface area contributed by atoms with E-state index in [1.165, 1.54) is 13.2 Å². The first-order valence-corrected chi connectivity index (χ1v) is 10.4. The van der Waals surface area contributed by atoms with Gasteiger partial charge in [0.05, 0.1) is 21.5 Å². The molecule has 0 saturated heterocycles. The number of hydrogen-bond donors (Lipinski definition) is 0. The normalized spacial score (nSPS) is 11.6. The maximum Gasteiger partial charge on any atom is 0.341 e. The highest BCUT2D eigenvalue weighted by Gasteiger charge is 2.29. The van der Waals surface area contributed by atoms with Crippen molar-refractivity contribution in [2.75, 3.05) is 18.0 Å². The van der Waals surface area contributed by atoms with Gasteiger partial charge in [0.2, 0.25) is 0 Å². The van der Waals surface area contributed by atoms with Crippen LogP contribution in [0.15, 0.2) is 41.4 Å². The Hall–Kier alpha value is -2.23. The standard InChI is InChI=1S/C17H14ClFN2O4S2/c1-3-25-17(22)13-9-20-16-12(8-14(18)26-16)15(13)21(2)27(23,24)11-6-4-10(19)5-7-11/h4-9H,3H2,1-2H3. The van der Waals surface area contributed by atoms with Crippen LogP contribution in [0.2, 0.25) is 4.34 Å². The molecule has 0 fully saturated rings. The van der Waals surface area contributed by atoms with E-state index in [2.05, 4.69) is 4.98 Å². The number of ether oxygens (including phenoxy) is 1. The first kappa shape index (κ1) is 19.5. The van der Waals surface area contributed by atoms with Crippen molar-refractivity contribution in [1.82, 2.24) is 4.98 Å². The van der Waals surface area contributed by atoms with Gasteiger partial charge in [0.1, 0.15) is 16.2 Å². The number of nitrogens with zero attached hydrogens (tertiary/aromatic N) is 2. The van der Waals surface area contributed by atoms with Crippen molar-refractivity contribution in [3.05, 3.63) is 52.2 Å². The zero-order valence-corrected chi connectivity index (χ0v) is 16.7. The summed E-state index contributed by atoms with van der Waals surface area (Å²) in [5.74, 6) is -1.26. The summed E-state index contributed by atoms with van der Waals surface area (Å²) in [6.45, 7) is 1.76. The topological polar surface area (TPSA) is 76.6 Å². The molecule has 3 rings (SSSR count). The molecule has 6 nitrogen and oxygen atoms in total. The Bertz CT molecular complexity index is 1110. The minimum absolute atomic E-state index is 0.00740. The van der Waals surface area contributed by atoms with Crippen LogP contribution in [0.1, 0.15) is 17.3 Å². The molecule has 3 aromatic rings. The fraction of sp³-hybridized carbons (Fsp3) is 0.176. The molecular weight excluding hydrogens is 415 g/mol. The minimum atomic E-state index is -4.07. The fourth-order valence-corrected chi connectivity index (χ4v) is 4.82. The monoisotopic (exact) mass is 428 g/mol. The zero-order chi connectivity index (χ0) is 19.8. The summed E-state index contributed by atoms with van der Waals surface area (Å²) in [7, 11) is -2.76. The number of fused-ring (bicyclic) bond motifs is 1. The molecule has 0 saturated carbocycles. The van der Waals surface area contributed by atoms with E-state index in [1.54, 1.807) is 13.0 Å². The summed E-state index contributed by atoms with van der Waals surface area (Å²) in [4.78, 5) is 16.9. The molecule has 0 aliphatic carbocycles. The molecule has 0 amide bonds. The molecule has 0 unspecified atom stereocenters. The van der Waals surface area contributed by atoms with Gasteiger partial charge in [-0.15, -0.1) is 11.3 Å². The van der Waals surface area contributed by atoms with Gasteiger partial charge in [-0.1, -0.05) is 11.6 Å². The van der Waals surface area contributed by atoms with Crippen LogP contribution >= 0.6 is 22.9 Å². The van der Waals surface area contributed by atoms with Gasteiger partial charge >= 0.3 is 5.97 Å². The molecule has 27 heavy (non-hydrogen) atoms. The van der Waals surface area contributed by atoms with E-state index < -0.39 is 21.8 Å². The number of esters is 1. The molecule has 1 aromatic carbocycles. The van der Waals surface area contributed by atoms with E-state index >= 15 is 0 Å². The molecular formula is C17H14ClFN2O4S2. The first-order chi connectivity index (χ1) is 12.8. The zero-order valence-electron chi connectivity index (χ0n) is 14.3. The highest BCUT2D eigenvalue weighted by molar-refractivity contribution is 7.92. The number of benzene rings is 1. The molecule has 10 heteroatoms. The maximum absolute atomic E-state index is 13.2. The molecule has 142 valence electrons. The van der Waals surface area contributed by atoms with Gasteiger partial charge in [0.15, 0.2) is 0 Å². The van der Waals surface area contributed by atoms with Crippen molar-refractivity contribution in [2.24, 2.45) is 0 Å². The number of thiophene rings is 1. The average Bonchev–Trinajstić information content (AvgIpc) is 3.01. The SMILES string of the molecule is CCOC(=O)c1cnc2sc(Cl)cc2c1N(C)S(=O)(=O)c1ccc(F)cc1. The van der Waals surface area contributed by atoms with Gasteiger partial charge in [-0.3, -0.25) is 4.31 Å². The van der Waals surface area contributed by atoms with Crippen LogP contribution < -0.4 is 4.31 Å². The summed E-state index contributed by atoms with van der Waals surface area (Å²) in [6, 6.07) is 5.96. The van der Waals surface area contributed by atoms with Crippen LogP contribution in [0.3, 0.4) is 0 Å². The number of aromatic nitrogens is 1. The summed E-state index contributed by atoms with van der Waals surface area (Å²) in [5, 5.41) is 0.406. The minimum Gasteiger partial charge on any atom is -0.462 e. The molecule has 0 radical (unpaired) electrons. The second-order valence-electron chi connectivity index (χ2n) is 5.44. The second kappa shape index (κ2) is 7.41. The van der Waals surface area contributed by atoms with Gasteiger partial charge in [0, 0.05) is 18.6 Å². The van der Waals surface area contributed by atoms with Crippen LogP contribution in [-0.2, 0) is 14.8 Å². The first-order valence-electron chi connectivity index (χ1n) is 7.75. The van der Waals surface area contributed by atoms with Crippen molar-refractivity contribution in [3.8, 4) is 0 Å². The third-order valence-corrected chi connectivity index (χ3v) is 6.73. The van der Waals surface area contributed by atoms with E-state index in [9.17, 15) is 17.6 Å². The highest BCUT2D eigenvalue weighted by Crippen LogP contribution is 2.38. The van der Waals surface area contributed by atoms with Crippen LogP contribution in [-0.4, -0.2) is 33.0 Å². The van der Waals surface area contributed by atoms with Gasteiger partial charge in [0.25, 0.3) is 10.0 Å². The Morgan fingerprint density at radius 3 is 2.63 bits per heavy atom. The number of sulfonamides is 1. The van der Waals surface area contributed by atoms with E-state index in [4.69, 9.17) is 16.3 Å². The number of halogens is 2. The molecule has 2 heterocycles. The van der Waals surface area contributed by atoms with Crippen molar-refractivity contribution in [3.63, 3.8) is 0 Å². The van der Waals surface area contributed by atoms with Gasteiger partial charge in [-0.25, -0.2) is 22.6 Å². The maximum atomic E-state index is 13.2. The predicted octanol–water partition coefficient (Wildman–Crippen LogP) is 4.09. The fourth-order valence-electron chi connectivity index (χ4n) is 2.53. The van der Waals surface area contributed by atoms with Crippen molar-refractivity contribution in [1.29, 1.82) is 0 Å². The number of hydrogen-bond acceptors (Lipinski definition) is 6. The van der Waals surface area contributed by atoms with Crippen LogP contribution in [0, 0.1) is 5.82 Å². The lowest BCUT2D eigenvalue weighted by Crippen LogP contribution is -2.28. The number of carbonyl (C=O) groups excluding carboxylic acids is 1. The van der Waals surface area contributed by atoms with Gasteiger partial charge in [-0.05, 0) is 37.3 Å². The molecule has 2 aromatic heterocycles. The third-order valence-electron chi connectivity index (χ3n) is 3.79. The smallest absolute Gasteiger partial charge is 0.341 e. The lowest BCUT2D eigenvalue weighted by Gasteiger charge is -2.22. The quantitative estimate of drug-likeness (QED) is 0.572. The van der Waals surface area contributed by atoms with Crippen LogP contribution in [0.25, 0.3) is 10.2 Å². The number of carbonyl (C=O) groups is 1. The lowest BCUT2D eigenvalue weighted by atomic mass is 10.2. The Kier molecular flexibility index (Phi) is 5.36. The summed E-state index contributed by atoms with van der Waals surface area (Å²) in [6.07, 6.45) is 1.26. The second-order valence-corrected chi connectivity index (χ2v) is 9.07. The number of rotatable bonds is 5. The lowest BCUT2D eigenvalue weighted by molar-refractivity contribution is 0.0527. The van der Waals surface area contributed by atoms with Gasteiger partial charge < -0.3 is 4.74 Å². The van der Waals surface area contributed by atoms with Crippen molar-refractivity contribution in [2.45, 2.75) is 11.8 Å². The Balaban J connectivity index is 2.22. The number of anilines is 1. The Morgan fingerprint density at radius 2 is 2.00 bits per heavy atom. The molecule has 0 atom stereocenters. The summed E-state index contributed by atoms with van der Waals surface area (Å²) >= 11 is 7.21. The molecule has 0 spiro atoms. The van der Waals surface area contributed by atoms with E-state index in [0.29, 0.717) is 14.6 Å². The molecule has 0 aliphatic heterocycles. The highest BCUT2D eigenvalue weighted by atomic mass is 35.5. The Morgan fingerprint density at radius 1 is 1.33 bits per heavy atom. The van der Waals surface area contributed by atoms with E-state index in [-0.39, 0.29) is 22.8 Å². The predicted molar refractivity (Wildman–Crippen MR) is 103 cm³/mol. The van der Waals surface area contributed by atoms with E-state index in [0.717, 1.165) is 39.9 Å². The molecule has 0 aliphatic rings. The van der Waals surface area contributed by atoms with Crippen LogP contribution in [0.4, 0.5) is 10.1 Å². The number of pyridine rings is 1. The summed E-state index contributed by atoms with van der Waals surface area (Å²) in [5.41, 5.74) is 0.0953. The van der Waals surface area contributed by atoms with Crippen molar-refractivity contribution >= 4 is 54.8 Å². The van der Waals surface area contributed by atoms with Gasteiger partial charge in [-0.2, -0.15) is 0 Å². The molecule has 0 bridgehead atoms. The Labute approximate surface area is 164 Å².